The Balaban J connectivity index is 1.65. The third kappa shape index (κ3) is 2.28. The highest BCUT2D eigenvalue weighted by Gasteiger charge is 2.33. The fourth-order valence-corrected chi connectivity index (χ4v) is 2.81. The lowest BCUT2D eigenvalue weighted by atomic mass is 10.0. The SMILES string of the molecule is Cc1cc(C)n(C2CN([C@H](C)c3cccnc3)C2)n1. The molecule has 0 radical (unpaired) electrons. The van der Waals surface area contributed by atoms with E-state index in [9.17, 15) is 0 Å². The fraction of sp³-hybridized carbons (Fsp3) is 0.467. The highest BCUT2D eigenvalue weighted by molar-refractivity contribution is 5.15. The summed E-state index contributed by atoms with van der Waals surface area (Å²) in [6, 6.07) is 7.25. The second kappa shape index (κ2) is 4.78. The van der Waals surface area contributed by atoms with Crippen molar-refractivity contribution in [3.63, 3.8) is 0 Å². The molecule has 4 nitrogen and oxygen atoms in total. The molecule has 0 bridgehead atoms. The van der Waals surface area contributed by atoms with E-state index in [1.807, 2.05) is 18.5 Å². The van der Waals surface area contributed by atoms with Gasteiger partial charge in [0.25, 0.3) is 0 Å². The minimum Gasteiger partial charge on any atom is -0.292 e. The molecule has 0 amide bonds. The average molecular weight is 256 g/mol. The van der Waals surface area contributed by atoms with Gasteiger partial charge in [-0.15, -0.1) is 0 Å². The van der Waals surface area contributed by atoms with Crippen LogP contribution < -0.4 is 0 Å². The smallest absolute Gasteiger partial charge is 0.0776 e. The summed E-state index contributed by atoms with van der Waals surface area (Å²) in [4.78, 5) is 6.67. The fourth-order valence-electron chi connectivity index (χ4n) is 2.81. The molecule has 0 N–H and O–H groups in total. The molecule has 1 aliphatic rings. The zero-order valence-corrected chi connectivity index (χ0v) is 11.7. The molecular weight excluding hydrogens is 236 g/mol. The second-order valence-electron chi connectivity index (χ2n) is 5.44. The molecule has 19 heavy (non-hydrogen) atoms. The first kappa shape index (κ1) is 12.4. The van der Waals surface area contributed by atoms with Gasteiger partial charge in [0, 0.05) is 37.2 Å². The first-order valence-corrected chi connectivity index (χ1v) is 6.82. The Hall–Kier alpha value is -1.68. The number of nitrogens with zero attached hydrogens (tertiary/aromatic N) is 4. The second-order valence-corrected chi connectivity index (χ2v) is 5.44. The lowest BCUT2D eigenvalue weighted by Crippen LogP contribution is -2.49. The van der Waals surface area contributed by atoms with Crippen molar-refractivity contribution < 1.29 is 0 Å². The normalized spacial score (nSPS) is 18.3. The summed E-state index contributed by atoms with van der Waals surface area (Å²) < 4.78 is 2.17. The molecule has 0 aliphatic carbocycles. The maximum Gasteiger partial charge on any atom is 0.0776 e. The molecule has 3 heterocycles. The van der Waals surface area contributed by atoms with Crippen LogP contribution in [0.5, 0.6) is 0 Å². The van der Waals surface area contributed by atoms with Crippen molar-refractivity contribution in [3.8, 4) is 0 Å². The molecular formula is C15H20N4. The van der Waals surface area contributed by atoms with Gasteiger partial charge in [0.15, 0.2) is 0 Å². The van der Waals surface area contributed by atoms with Gasteiger partial charge in [0.2, 0.25) is 0 Å². The molecule has 1 atom stereocenters. The number of pyridine rings is 1. The minimum absolute atomic E-state index is 0.432. The highest BCUT2D eigenvalue weighted by atomic mass is 15.4. The first-order valence-electron chi connectivity index (χ1n) is 6.82. The summed E-state index contributed by atoms with van der Waals surface area (Å²) in [5, 5.41) is 4.58. The lowest BCUT2D eigenvalue weighted by Gasteiger charge is -2.43. The molecule has 0 saturated carbocycles. The number of aryl methyl sites for hydroxylation is 2. The Morgan fingerprint density at radius 1 is 1.32 bits per heavy atom. The lowest BCUT2D eigenvalue weighted by molar-refractivity contribution is 0.0583. The molecule has 100 valence electrons. The third-order valence-electron chi connectivity index (χ3n) is 4.00. The Morgan fingerprint density at radius 2 is 2.11 bits per heavy atom. The van der Waals surface area contributed by atoms with Crippen LogP contribution >= 0.6 is 0 Å². The van der Waals surface area contributed by atoms with Crippen LogP contribution in [0.2, 0.25) is 0 Å². The number of rotatable bonds is 3. The van der Waals surface area contributed by atoms with E-state index in [0.29, 0.717) is 12.1 Å². The van der Waals surface area contributed by atoms with Crippen molar-refractivity contribution in [2.45, 2.75) is 32.9 Å². The van der Waals surface area contributed by atoms with Crippen molar-refractivity contribution in [1.29, 1.82) is 0 Å². The van der Waals surface area contributed by atoms with Crippen molar-refractivity contribution in [3.05, 3.63) is 47.5 Å². The van der Waals surface area contributed by atoms with Crippen LogP contribution in [-0.2, 0) is 0 Å². The van der Waals surface area contributed by atoms with Crippen LogP contribution in [0.1, 0.15) is 36.0 Å². The maximum atomic E-state index is 4.58. The van der Waals surface area contributed by atoms with Gasteiger partial charge in [-0.2, -0.15) is 5.10 Å². The highest BCUT2D eigenvalue weighted by Crippen LogP contribution is 2.31. The molecule has 1 aliphatic heterocycles. The van der Waals surface area contributed by atoms with Crippen LogP contribution in [0.3, 0.4) is 0 Å². The molecule has 0 spiro atoms. The topological polar surface area (TPSA) is 34.0 Å². The van der Waals surface area contributed by atoms with E-state index in [4.69, 9.17) is 0 Å². The average Bonchev–Trinajstić information content (AvgIpc) is 2.68. The molecule has 3 rings (SSSR count). The van der Waals surface area contributed by atoms with Crippen molar-refractivity contribution in [1.82, 2.24) is 19.7 Å². The molecule has 0 aromatic carbocycles. The molecule has 4 heteroatoms. The summed E-state index contributed by atoms with van der Waals surface area (Å²) in [5.74, 6) is 0. The molecule has 2 aromatic heterocycles. The Kier molecular flexibility index (Phi) is 3.11. The van der Waals surface area contributed by atoms with Gasteiger partial charge in [0.1, 0.15) is 0 Å². The first-order chi connectivity index (χ1) is 9.15. The van der Waals surface area contributed by atoms with Gasteiger partial charge >= 0.3 is 0 Å². The predicted molar refractivity (Wildman–Crippen MR) is 75.0 cm³/mol. The van der Waals surface area contributed by atoms with Crippen molar-refractivity contribution in [2.75, 3.05) is 13.1 Å². The Morgan fingerprint density at radius 3 is 2.68 bits per heavy atom. The van der Waals surface area contributed by atoms with E-state index >= 15 is 0 Å². The number of aromatic nitrogens is 3. The van der Waals surface area contributed by atoms with E-state index in [1.54, 1.807) is 0 Å². The zero-order chi connectivity index (χ0) is 13.4. The summed E-state index contributed by atoms with van der Waals surface area (Å²) in [5.41, 5.74) is 3.65. The van der Waals surface area contributed by atoms with E-state index in [0.717, 1.165) is 18.8 Å². The molecule has 1 fully saturated rings. The number of likely N-dealkylation sites (tertiary alicyclic amines) is 1. The Bertz CT molecular complexity index is 555. The van der Waals surface area contributed by atoms with Crippen LogP contribution in [-0.4, -0.2) is 32.8 Å². The summed E-state index contributed by atoms with van der Waals surface area (Å²) >= 11 is 0. The van der Waals surface area contributed by atoms with Crippen molar-refractivity contribution in [2.24, 2.45) is 0 Å². The zero-order valence-electron chi connectivity index (χ0n) is 11.7. The van der Waals surface area contributed by atoms with Gasteiger partial charge in [-0.25, -0.2) is 0 Å². The summed E-state index contributed by atoms with van der Waals surface area (Å²) in [6.45, 7) is 8.57. The molecule has 0 unspecified atom stereocenters. The van der Waals surface area contributed by atoms with Crippen molar-refractivity contribution >= 4 is 0 Å². The third-order valence-corrected chi connectivity index (χ3v) is 4.00. The maximum absolute atomic E-state index is 4.58. The van der Waals surface area contributed by atoms with Crippen LogP contribution in [0.25, 0.3) is 0 Å². The molecule has 1 saturated heterocycles. The van der Waals surface area contributed by atoms with Gasteiger partial charge in [0.05, 0.1) is 11.7 Å². The van der Waals surface area contributed by atoms with E-state index < -0.39 is 0 Å². The summed E-state index contributed by atoms with van der Waals surface area (Å²) in [7, 11) is 0. The van der Waals surface area contributed by atoms with Crippen LogP contribution in [0.15, 0.2) is 30.6 Å². The van der Waals surface area contributed by atoms with Crippen LogP contribution in [0, 0.1) is 13.8 Å². The standard InChI is InChI=1S/C15H20N4/c1-11-7-12(2)19(17-11)15-9-18(10-15)13(3)14-5-4-6-16-8-14/h4-8,13,15H,9-10H2,1-3H3/t13-/m1/s1. The van der Waals surface area contributed by atoms with Gasteiger partial charge < -0.3 is 0 Å². The quantitative estimate of drug-likeness (QED) is 0.846. The largest absolute Gasteiger partial charge is 0.292 e. The molecule has 2 aromatic rings. The van der Waals surface area contributed by atoms with Gasteiger partial charge in [-0.05, 0) is 38.5 Å². The number of hydrogen-bond acceptors (Lipinski definition) is 3. The van der Waals surface area contributed by atoms with E-state index in [2.05, 4.69) is 52.6 Å². The van der Waals surface area contributed by atoms with E-state index in [1.165, 1.54) is 11.3 Å². The minimum atomic E-state index is 0.432. The Labute approximate surface area is 114 Å². The van der Waals surface area contributed by atoms with Crippen LogP contribution in [0.4, 0.5) is 0 Å². The summed E-state index contributed by atoms with van der Waals surface area (Å²) in [6.07, 6.45) is 3.78. The number of hydrogen-bond donors (Lipinski definition) is 0. The monoisotopic (exact) mass is 256 g/mol. The van der Waals surface area contributed by atoms with Gasteiger partial charge in [-0.3, -0.25) is 14.6 Å². The van der Waals surface area contributed by atoms with Gasteiger partial charge in [-0.1, -0.05) is 6.07 Å². The predicted octanol–water partition coefficient (Wildman–Crippen LogP) is 2.51. The van der Waals surface area contributed by atoms with E-state index in [-0.39, 0.29) is 0 Å².